The van der Waals surface area contributed by atoms with Crippen LogP contribution in [0, 0.1) is 0 Å². The zero-order valence-corrected chi connectivity index (χ0v) is 21.3. The largest absolute Gasteiger partial charge is 0.491 e. The molecular formula is C32H30N2O4. The Balaban J connectivity index is 1.35. The van der Waals surface area contributed by atoms with Gasteiger partial charge in [-0.05, 0) is 41.8 Å². The van der Waals surface area contributed by atoms with Crippen LogP contribution in [0.15, 0.2) is 114 Å². The Labute approximate surface area is 221 Å². The molecule has 0 unspecified atom stereocenters. The van der Waals surface area contributed by atoms with E-state index in [1.165, 1.54) is 11.1 Å². The normalized spacial score (nSPS) is 11.1. The lowest BCUT2D eigenvalue weighted by Gasteiger charge is -2.20. The molecule has 5 rings (SSSR count). The molecule has 0 amide bonds. The molecule has 0 atom stereocenters. The minimum absolute atomic E-state index is 0.0121. The van der Waals surface area contributed by atoms with Gasteiger partial charge in [0.15, 0.2) is 0 Å². The molecule has 5 aromatic rings. The summed E-state index contributed by atoms with van der Waals surface area (Å²) >= 11 is 0. The van der Waals surface area contributed by atoms with Crippen LogP contribution in [0.5, 0.6) is 5.75 Å². The minimum atomic E-state index is -0.278. The van der Waals surface area contributed by atoms with Crippen LogP contribution in [-0.4, -0.2) is 28.3 Å². The minimum Gasteiger partial charge on any atom is -0.491 e. The van der Waals surface area contributed by atoms with Crippen molar-refractivity contribution in [1.29, 1.82) is 0 Å². The molecule has 0 aliphatic rings. The van der Waals surface area contributed by atoms with E-state index in [0.29, 0.717) is 25.5 Å². The number of nitrogens with zero attached hydrogens (tertiary/aromatic N) is 2. The first kappa shape index (κ1) is 25.1. The molecule has 0 aliphatic heterocycles. The van der Waals surface area contributed by atoms with Crippen LogP contribution in [0.4, 0.5) is 0 Å². The molecule has 0 fully saturated rings. The molecule has 0 radical (unpaired) electrons. The predicted molar refractivity (Wildman–Crippen MR) is 149 cm³/mol. The number of carbonyl (C=O) groups is 1. The molecule has 0 saturated carbocycles. The lowest BCUT2D eigenvalue weighted by molar-refractivity contribution is -0.143. The molecule has 6 nitrogen and oxygen atoms in total. The Morgan fingerprint density at radius 1 is 0.789 bits per heavy atom. The zero-order chi connectivity index (χ0) is 26.3. The maximum absolute atomic E-state index is 12.7. The van der Waals surface area contributed by atoms with Crippen LogP contribution in [0.3, 0.4) is 0 Å². The summed E-state index contributed by atoms with van der Waals surface area (Å²) in [5, 5.41) is 0.908. The SMILES string of the molecule is CCOC(=O)Cn1ccc2c(OCCn3cc(C(c4ccccc4)c4ccccc4)ccc3=O)cccc21. The monoisotopic (exact) mass is 506 g/mol. The number of pyridine rings is 1. The average Bonchev–Trinajstić information content (AvgIpc) is 3.35. The summed E-state index contributed by atoms with van der Waals surface area (Å²) in [4.78, 5) is 24.7. The second kappa shape index (κ2) is 11.6. The Morgan fingerprint density at radius 2 is 1.50 bits per heavy atom. The van der Waals surface area contributed by atoms with Gasteiger partial charge in [0, 0.05) is 29.8 Å². The Kier molecular flexibility index (Phi) is 7.69. The number of esters is 1. The van der Waals surface area contributed by atoms with Gasteiger partial charge in [0.2, 0.25) is 0 Å². The number of hydrogen-bond donors (Lipinski definition) is 0. The molecule has 0 N–H and O–H groups in total. The highest BCUT2D eigenvalue weighted by atomic mass is 16.5. The predicted octanol–water partition coefficient (Wildman–Crippen LogP) is 5.63. The molecule has 2 heterocycles. The van der Waals surface area contributed by atoms with Crippen LogP contribution in [0.25, 0.3) is 10.9 Å². The summed E-state index contributed by atoms with van der Waals surface area (Å²) < 4.78 is 14.8. The fourth-order valence-electron chi connectivity index (χ4n) is 4.82. The molecule has 38 heavy (non-hydrogen) atoms. The van der Waals surface area contributed by atoms with E-state index in [4.69, 9.17) is 9.47 Å². The van der Waals surface area contributed by atoms with Gasteiger partial charge >= 0.3 is 5.97 Å². The lowest BCUT2D eigenvalue weighted by Crippen LogP contribution is -2.23. The Bertz CT molecular complexity index is 1530. The van der Waals surface area contributed by atoms with E-state index < -0.39 is 0 Å². The smallest absolute Gasteiger partial charge is 0.325 e. The number of fused-ring (bicyclic) bond motifs is 1. The van der Waals surface area contributed by atoms with E-state index in [-0.39, 0.29) is 24.0 Å². The van der Waals surface area contributed by atoms with Crippen molar-refractivity contribution in [2.24, 2.45) is 0 Å². The van der Waals surface area contributed by atoms with Crippen molar-refractivity contribution in [2.75, 3.05) is 13.2 Å². The van der Waals surface area contributed by atoms with Gasteiger partial charge < -0.3 is 18.6 Å². The zero-order valence-electron chi connectivity index (χ0n) is 21.3. The van der Waals surface area contributed by atoms with Crippen molar-refractivity contribution < 1.29 is 14.3 Å². The van der Waals surface area contributed by atoms with Crippen molar-refractivity contribution in [1.82, 2.24) is 9.13 Å². The van der Waals surface area contributed by atoms with Gasteiger partial charge in [-0.3, -0.25) is 9.59 Å². The first-order valence-corrected chi connectivity index (χ1v) is 12.8. The molecule has 0 bridgehead atoms. The van der Waals surface area contributed by atoms with Gasteiger partial charge in [0.25, 0.3) is 5.56 Å². The number of hydrogen-bond acceptors (Lipinski definition) is 4. The summed E-state index contributed by atoms with van der Waals surface area (Å²) in [5.74, 6) is 0.443. The second-order valence-corrected chi connectivity index (χ2v) is 9.03. The summed E-state index contributed by atoms with van der Waals surface area (Å²) in [7, 11) is 0. The molecule has 2 aromatic heterocycles. The Morgan fingerprint density at radius 3 is 2.18 bits per heavy atom. The molecule has 192 valence electrons. The van der Waals surface area contributed by atoms with Crippen LogP contribution < -0.4 is 10.3 Å². The van der Waals surface area contributed by atoms with Crippen LogP contribution >= 0.6 is 0 Å². The van der Waals surface area contributed by atoms with E-state index in [0.717, 1.165) is 16.5 Å². The number of rotatable bonds is 10. The third-order valence-electron chi connectivity index (χ3n) is 6.57. The maximum atomic E-state index is 12.7. The fraction of sp³-hybridized carbons (Fsp3) is 0.188. The second-order valence-electron chi connectivity index (χ2n) is 9.03. The van der Waals surface area contributed by atoms with E-state index in [1.807, 2.05) is 83.7 Å². The topological polar surface area (TPSA) is 62.5 Å². The van der Waals surface area contributed by atoms with Gasteiger partial charge in [0.1, 0.15) is 18.9 Å². The highest BCUT2D eigenvalue weighted by Gasteiger charge is 2.17. The standard InChI is InChI=1S/C32H30N2O4/c1-2-37-31(36)23-33-19-18-27-28(33)14-9-15-29(27)38-21-20-34-22-26(16-17-30(34)35)32(24-10-5-3-6-11-24)25-12-7-4-8-13-25/h3-19,22,32H,2,20-21,23H2,1H3. The van der Waals surface area contributed by atoms with Crippen molar-refractivity contribution in [2.45, 2.75) is 25.9 Å². The van der Waals surface area contributed by atoms with Crippen molar-refractivity contribution in [3.63, 3.8) is 0 Å². The van der Waals surface area contributed by atoms with Crippen LogP contribution in [-0.2, 0) is 22.6 Å². The van der Waals surface area contributed by atoms with Gasteiger partial charge in [-0.25, -0.2) is 0 Å². The highest BCUT2D eigenvalue weighted by Crippen LogP contribution is 2.31. The van der Waals surface area contributed by atoms with E-state index >= 15 is 0 Å². The molecule has 6 heteroatoms. The van der Waals surface area contributed by atoms with Crippen LogP contribution in [0.1, 0.15) is 29.5 Å². The summed E-state index contributed by atoms with van der Waals surface area (Å²) in [5.41, 5.74) is 4.19. The summed E-state index contributed by atoms with van der Waals surface area (Å²) in [6.45, 7) is 3.02. The molecule has 0 spiro atoms. The summed E-state index contributed by atoms with van der Waals surface area (Å²) in [6, 6.07) is 31.9. The van der Waals surface area contributed by atoms with Gasteiger partial charge in [-0.15, -0.1) is 0 Å². The van der Waals surface area contributed by atoms with E-state index in [9.17, 15) is 9.59 Å². The van der Waals surface area contributed by atoms with Crippen molar-refractivity contribution in [3.05, 3.63) is 136 Å². The lowest BCUT2D eigenvalue weighted by atomic mass is 9.86. The van der Waals surface area contributed by atoms with Crippen molar-refractivity contribution in [3.8, 4) is 5.75 Å². The summed E-state index contributed by atoms with van der Waals surface area (Å²) in [6.07, 6.45) is 3.79. The molecular weight excluding hydrogens is 476 g/mol. The third-order valence-corrected chi connectivity index (χ3v) is 6.57. The number of ether oxygens (including phenoxy) is 2. The van der Waals surface area contributed by atoms with Crippen LogP contribution in [0.2, 0.25) is 0 Å². The number of benzene rings is 3. The first-order chi connectivity index (χ1) is 18.6. The van der Waals surface area contributed by atoms with Gasteiger partial charge in [0.05, 0.1) is 18.7 Å². The van der Waals surface area contributed by atoms with Gasteiger partial charge in [-0.1, -0.05) is 72.8 Å². The first-order valence-electron chi connectivity index (χ1n) is 12.8. The maximum Gasteiger partial charge on any atom is 0.325 e. The fourth-order valence-corrected chi connectivity index (χ4v) is 4.82. The average molecular weight is 507 g/mol. The van der Waals surface area contributed by atoms with Gasteiger partial charge in [-0.2, -0.15) is 0 Å². The number of carbonyl (C=O) groups excluding carboxylic acids is 1. The van der Waals surface area contributed by atoms with E-state index in [1.54, 1.807) is 17.6 Å². The molecule has 0 saturated heterocycles. The molecule has 0 aliphatic carbocycles. The van der Waals surface area contributed by atoms with E-state index in [2.05, 4.69) is 24.3 Å². The molecule has 3 aromatic carbocycles. The third kappa shape index (κ3) is 5.54. The highest BCUT2D eigenvalue weighted by molar-refractivity contribution is 5.87. The van der Waals surface area contributed by atoms with Crippen molar-refractivity contribution >= 4 is 16.9 Å². The number of aromatic nitrogens is 2. The Hall–Kier alpha value is -4.58. The quantitative estimate of drug-likeness (QED) is 0.231.